The molecule has 1 aliphatic rings. The van der Waals surface area contributed by atoms with E-state index in [0.717, 1.165) is 23.2 Å². The van der Waals surface area contributed by atoms with Gasteiger partial charge in [-0.15, -0.1) is 0 Å². The summed E-state index contributed by atoms with van der Waals surface area (Å²) < 4.78 is 5.67. The molecule has 0 unspecified atom stereocenters. The molecular weight excluding hydrogens is 438 g/mol. The van der Waals surface area contributed by atoms with Crippen LogP contribution < -0.4 is 15.5 Å². The summed E-state index contributed by atoms with van der Waals surface area (Å²) >= 11 is 3.28. The van der Waals surface area contributed by atoms with Crippen LogP contribution in [-0.2, 0) is 14.3 Å². The highest BCUT2D eigenvalue weighted by Crippen LogP contribution is 2.22. The number of benzene rings is 2. The molecule has 152 valence electrons. The van der Waals surface area contributed by atoms with Gasteiger partial charge < -0.3 is 20.3 Å². The van der Waals surface area contributed by atoms with E-state index < -0.39 is 24.4 Å². The maximum absolute atomic E-state index is 12.0. The van der Waals surface area contributed by atoms with Crippen LogP contribution in [0.25, 0.3) is 0 Å². The first kappa shape index (κ1) is 20.9. The molecule has 7 nitrogen and oxygen atoms in total. The second kappa shape index (κ2) is 10.1. The van der Waals surface area contributed by atoms with Gasteiger partial charge in [0, 0.05) is 34.5 Å². The van der Waals surface area contributed by atoms with Crippen LogP contribution in [0.4, 0.5) is 11.4 Å². The molecule has 2 amide bonds. The number of carbonyl (C=O) groups excluding carboxylic acids is 3. The fourth-order valence-electron chi connectivity index (χ4n) is 3.01. The van der Waals surface area contributed by atoms with Gasteiger partial charge in [0.15, 0.2) is 6.61 Å². The van der Waals surface area contributed by atoms with Gasteiger partial charge in [-0.05, 0) is 55.3 Å². The Kier molecular flexibility index (Phi) is 7.24. The van der Waals surface area contributed by atoms with Gasteiger partial charge >= 0.3 is 5.97 Å². The van der Waals surface area contributed by atoms with E-state index in [1.807, 2.05) is 24.3 Å². The molecule has 2 aromatic carbocycles. The molecule has 0 atom stereocenters. The number of nitrogens with zero attached hydrogens (tertiary/aromatic N) is 1. The van der Waals surface area contributed by atoms with Gasteiger partial charge in [0.05, 0.1) is 0 Å². The molecule has 1 saturated heterocycles. The number of anilines is 2. The Morgan fingerprint density at radius 1 is 1.03 bits per heavy atom. The van der Waals surface area contributed by atoms with Crippen molar-refractivity contribution in [1.82, 2.24) is 5.32 Å². The summed E-state index contributed by atoms with van der Waals surface area (Å²) in [7, 11) is 0. The Morgan fingerprint density at radius 2 is 1.76 bits per heavy atom. The molecule has 1 fully saturated rings. The van der Waals surface area contributed by atoms with Crippen molar-refractivity contribution in [3.8, 4) is 0 Å². The summed E-state index contributed by atoms with van der Waals surface area (Å²) in [6.07, 6.45) is 2.40. The monoisotopic (exact) mass is 459 g/mol. The first-order chi connectivity index (χ1) is 14.0. The summed E-state index contributed by atoms with van der Waals surface area (Å²) in [6.45, 7) is 1.38. The number of hydrogen-bond acceptors (Lipinski definition) is 5. The lowest BCUT2D eigenvalue weighted by atomic mass is 10.2. The largest absolute Gasteiger partial charge is 0.454 e. The average molecular weight is 460 g/mol. The van der Waals surface area contributed by atoms with E-state index in [-0.39, 0.29) is 6.54 Å². The zero-order valence-electron chi connectivity index (χ0n) is 15.8. The predicted octanol–water partition coefficient (Wildman–Crippen LogP) is 2.96. The highest BCUT2D eigenvalue weighted by atomic mass is 79.9. The number of hydrogen-bond donors (Lipinski definition) is 2. The van der Waals surface area contributed by atoms with Crippen molar-refractivity contribution in [2.75, 3.05) is 36.5 Å². The fourth-order valence-corrected chi connectivity index (χ4v) is 3.41. The van der Waals surface area contributed by atoms with E-state index in [9.17, 15) is 14.4 Å². The smallest absolute Gasteiger partial charge is 0.325 e. The maximum Gasteiger partial charge on any atom is 0.325 e. The molecule has 0 radical (unpaired) electrons. The average Bonchev–Trinajstić information content (AvgIpc) is 3.26. The third-order valence-corrected chi connectivity index (χ3v) is 4.96. The second-order valence-electron chi connectivity index (χ2n) is 6.64. The number of nitrogens with one attached hydrogen (secondary N) is 2. The minimum atomic E-state index is -0.687. The van der Waals surface area contributed by atoms with Gasteiger partial charge in [0.1, 0.15) is 6.54 Å². The number of ether oxygens (including phenoxy) is 1. The van der Waals surface area contributed by atoms with Gasteiger partial charge in [-0.3, -0.25) is 14.4 Å². The highest BCUT2D eigenvalue weighted by molar-refractivity contribution is 9.10. The fraction of sp³-hybridized carbons (Fsp3) is 0.286. The third kappa shape index (κ3) is 6.32. The lowest BCUT2D eigenvalue weighted by Gasteiger charge is -2.17. The van der Waals surface area contributed by atoms with Gasteiger partial charge in [0.2, 0.25) is 0 Å². The summed E-state index contributed by atoms with van der Waals surface area (Å²) in [4.78, 5) is 38.0. The topological polar surface area (TPSA) is 87.7 Å². The summed E-state index contributed by atoms with van der Waals surface area (Å²) in [5.74, 6) is -1.52. The Bertz CT molecular complexity index is 880. The lowest BCUT2D eigenvalue weighted by Crippen LogP contribution is -2.32. The number of esters is 1. The predicted molar refractivity (Wildman–Crippen MR) is 114 cm³/mol. The van der Waals surface area contributed by atoms with E-state index >= 15 is 0 Å². The van der Waals surface area contributed by atoms with Gasteiger partial charge in [0.25, 0.3) is 11.8 Å². The Hall–Kier alpha value is -2.87. The standard InChI is InChI=1S/C21H22BrN3O4/c22-16-5-3-4-15(12-16)21(28)23-13-20(27)29-14-19(26)24-17-6-8-18(9-7-17)25-10-1-2-11-25/h3-9,12H,1-2,10-11,13-14H2,(H,23,28)(H,24,26). The molecule has 8 heteroatoms. The highest BCUT2D eigenvalue weighted by Gasteiger charge is 2.13. The molecule has 29 heavy (non-hydrogen) atoms. The van der Waals surface area contributed by atoms with Gasteiger partial charge in [-0.25, -0.2) is 0 Å². The van der Waals surface area contributed by atoms with Crippen molar-refractivity contribution < 1.29 is 19.1 Å². The van der Waals surface area contributed by atoms with Crippen molar-refractivity contribution in [3.05, 3.63) is 58.6 Å². The number of rotatable bonds is 7. The van der Waals surface area contributed by atoms with E-state index in [4.69, 9.17) is 4.74 Å². The third-order valence-electron chi connectivity index (χ3n) is 4.47. The quantitative estimate of drug-likeness (QED) is 0.621. The van der Waals surface area contributed by atoms with E-state index in [2.05, 4.69) is 31.5 Å². The van der Waals surface area contributed by atoms with Crippen molar-refractivity contribution in [3.63, 3.8) is 0 Å². The summed E-state index contributed by atoms with van der Waals surface area (Å²) in [6, 6.07) is 14.4. The molecule has 0 aliphatic carbocycles. The van der Waals surface area contributed by atoms with E-state index in [1.165, 1.54) is 12.8 Å². The Morgan fingerprint density at radius 3 is 2.45 bits per heavy atom. The first-order valence-corrected chi connectivity index (χ1v) is 10.1. The minimum absolute atomic E-state index is 0.316. The molecule has 0 spiro atoms. The zero-order valence-corrected chi connectivity index (χ0v) is 17.4. The minimum Gasteiger partial charge on any atom is -0.454 e. The van der Waals surface area contributed by atoms with Gasteiger partial charge in [-0.1, -0.05) is 22.0 Å². The lowest BCUT2D eigenvalue weighted by molar-refractivity contribution is -0.146. The maximum atomic E-state index is 12.0. The van der Waals surface area contributed by atoms with Crippen molar-refractivity contribution in [2.45, 2.75) is 12.8 Å². The van der Waals surface area contributed by atoms with Crippen LogP contribution in [0.5, 0.6) is 0 Å². The molecule has 0 saturated carbocycles. The van der Waals surface area contributed by atoms with Crippen LogP contribution in [0.1, 0.15) is 23.2 Å². The number of carbonyl (C=O) groups is 3. The van der Waals surface area contributed by atoms with E-state index in [0.29, 0.717) is 11.3 Å². The van der Waals surface area contributed by atoms with Crippen LogP contribution in [0.15, 0.2) is 53.0 Å². The number of halogens is 1. The van der Waals surface area contributed by atoms with Crippen molar-refractivity contribution in [1.29, 1.82) is 0 Å². The van der Waals surface area contributed by atoms with Gasteiger partial charge in [-0.2, -0.15) is 0 Å². The first-order valence-electron chi connectivity index (χ1n) is 9.35. The Balaban J connectivity index is 1.38. The Labute approximate surface area is 177 Å². The van der Waals surface area contributed by atoms with Crippen LogP contribution in [0.3, 0.4) is 0 Å². The second-order valence-corrected chi connectivity index (χ2v) is 7.56. The van der Waals surface area contributed by atoms with Crippen LogP contribution >= 0.6 is 15.9 Å². The molecule has 1 aliphatic heterocycles. The van der Waals surface area contributed by atoms with Crippen molar-refractivity contribution >= 4 is 45.1 Å². The molecule has 0 bridgehead atoms. The summed E-state index contributed by atoms with van der Waals surface area (Å²) in [5, 5.41) is 5.15. The molecule has 2 N–H and O–H groups in total. The van der Waals surface area contributed by atoms with E-state index in [1.54, 1.807) is 24.3 Å². The van der Waals surface area contributed by atoms with Crippen LogP contribution in [-0.4, -0.2) is 44.0 Å². The van der Waals surface area contributed by atoms with Crippen LogP contribution in [0.2, 0.25) is 0 Å². The zero-order chi connectivity index (χ0) is 20.6. The summed E-state index contributed by atoms with van der Waals surface area (Å²) in [5.41, 5.74) is 2.19. The SMILES string of the molecule is O=C(COC(=O)CNC(=O)c1cccc(Br)c1)Nc1ccc(N2CCCC2)cc1. The van der Waals surface area contributed by atoms with Crippen molar-refractivity contribution in [2.24, 2.45) is 0 Å². The molecule has 0 aromatic heterocycles. The molecular formula is C21H22BrN3O4. The number of amides is 2. The normalized spacial score (nSPS) is 13.1. The molecule has 2 aromatic rings. The molecule has 3 rings (SSSR count). The van der Waals surface area contributed by atoms with Crippen LogP contribution in [0, 0.1) is 0 Å². The molecule has 1 heterocycles.